The first-order valence-electron chi connectivity index (χ1n) is 7.82. The van der Waals surface area contributed by atoms with Gasteiger partial charge in [-0.05, 0) is 34.1 Å². The number of allylic oxidation sites excluding steroid dienone is 2. The first kappa shape index (κ1) is 22.5. The predicted octanol–water partition coefficient (Wildman–Crippen LogP) is 4.02. The highest BCUT2D eigenvalue weighted by Crippen LogP contribution is 2.38. The number of ether oxygens (including phenoxy) is 3. The highest BCUT2D eigenvalue weighted by Gasteiger charge is 2.32. The van der Waals surface area contributed by atoms with E-state index in [4.69, 9.17) is 9.47 Å². The van der Waals surface area contributed by atoms with Crippen molar-refractivity contribution in [2.45, 2.75) is 6.18 Å². The van der Waals surface area contributed by atoms with E-state index >= 15 is 0 Å². The molecule has 0 spiro atoms. The third kappa shape index (κ3) is 5.37. The van der Waals surface area contributed by atoms with E-state index in [1.165, 1.54) is 24.4 Å². The maximum absolute atomic E-state index is 14.2. The Morgan fingerprint density at radius 3 is 2.34 bits per heavy atom. The molecule has 0 N–H and O–H groups in total. The highest BCUT2D eigenvalue weighted by atomic mass is 79.9. The van der Waals surface area contributed by atoms with Gasteiger partial charge < -0.3 is 19.1 Å². The molecular weight excluding hydrogens is 466 g/mol. The Morgan fingerprint density at radius 2 is 1.76 bits per heavy atom. The third-order valence-corrected chi connectivity index (χ3v) is 4.15. The molecule has 1 aromatic rings. The molecule has 11 heteroatoms. The molecule has 0 aliphatic carbocycles. The zero-order valence-corrected chi connectivity index (χ0v) is 16.6. The van der Waals surface area contributed by atoms with Crippen molar-refractivity contribution in [3.63, 3.8) is 0 Å². The molecule has 0 unspecified atom stereocenters. The third-order valence-electron chi connectivity index (χ3n) is 3.54. The molecule has 0 radical (unpaired) electrons. The molecular formula is C18H14BrF4NO5. The summed E-state index contributed by atoms with van der Waals surface area (Å²) in [6, 6.07) is 1.83. The molecule has 0 aromatic heterocycles. The Balaban J connectivity index is 2.70. The lowest BCUT2D eigenvalue weighted by molar-refractivity contribution is -0.153. The van der Waals surface area contributed by atoms with Gasteiger partial charge >= 0.3 is 18.1 Å². The van der Waals surface area contributed by atoms with Crippen molar-refractivity contribution >= 4 is 33.6 Å². The Labute approximate surface area is 171 Å². The number of nitrogens with zero attached hydrogens (tertiary/aromatic N) is 1. The number of carbonyl (C=O) groups is 2. The van der Waals surface area contributed by atoms with Crippen LogP contribution in [0.4, 0.5) is 23.2 Å². The van der Waals surface area contributed by atoms with Gasteiger partial charge in [-0.1, -0.05) is 6.08 Å². The van der Waals surface area contributed by atoms with Gasteiger partial charge in [0.15, 0.2) is 6.61 Å². The van der Waals surface area contributed by atoms with Crippen molar-refractivity contribution in [3.8, 4) is 5.75 Å². The van der Waals surface area contributed by atoms with Gasteiger partial charge in [0.25, 0.3) is 0 Å². The van der Waals surface area contributed by atoms with Gasteiger partial charge in [-0.15, -0.1) is 0 Å². The van der Waals surface area contributed by atoms with Crippen molar-refractivity contribution in [1.82, 2.24) is 0 Å². The monoisotopic (exact) mass is 479 g/mol. The van der Waals surface area contributed by atoms with Crippen LogP contribution in [-0.2, 0) is 19.1 Å². The SMILES string of the molecule is COC(=O)C1=C(C(=O)OC)N(c2cc(F)c(Br)cc2OCC(F)(F)F)C=CC=C1. The Bertz CT molecular complexity index is 908. The van der Waals surface area contributed by atoms with Crippen molar-refractivity contribution in [2.75, 3.05) is 25.7 Å². The Hall–Kier alpha value is -2.82. The summed E-state index contributed by atoms with van der Waals surface area (Å²) >= 11 is 2.88. The lowest BCUT2D eigenvalue weighted by atomic mass is 10.1. The molecule has 1 heterocycles. The molecule has 1 aliphatic heterocycles. The fourth-order valence-corrected chi connectivity index (χ4v) is 2.66. The number of hydrogen-bond donors (Lipinski definition) is 0. The van der Waals surface area contributed by atoms with Gasteiger partial charge in [-0.2, -0.15) is 13.2 Å². The lowest BCUT2D eigenvalue weighted by Gasteiger charge is -2.25. The standard InChI is InChI=1S/C18H14BrF4NO5/c1-27-16(25)10-5-3-4-6-24(15(10)17(26)28-2)13-8-12(20)11(19)7-14(13)29-9-18(21,22)23/h3-8H,9H2,1-2H3. The quantitative estimate of drug-likeness (QED) is 0.469. The fourth-order valence-electron chi connectivity index (χ4n) is 2.33. The van der Waals surface area contributed by atoms with Crippen molar-refractivity contribution in [2.24, 2.45) is 0 Å². The number of benzene rings is 1. The Morgan fingerprint density at radius 1 is 1.10 bits per heavy atom. The smallest absolute Gasteiger partial charge is 0.422 e. The van der Waals surface area contributed by atoms with E-state index in [0.717, 1.165) is 31.3 Å². The van der Waals surface area contributed by atoms with Gasteiger partial charge in [0.1, 0.15) is 17.3 Å². The first-order chi connectivity index (χ1) is 13.6. The maximum atomic E-state index is 14.2. The van der Waals surface area contributed by atoms with Crippen molar-refractivity contribution < 1.29 is 41.4 Å². The summed E-state index contributed by atoms with van der Waals surface area (Å²) in [5.74, 6) is -3.15. The second kappa shape index (κ2) is 9.12. The molecule has 0 saturated heterocycles. The van der Waals surface area contributed by atoms with Crippen LogP contribution in [0.5, 0.6) is 5.75 Å². The molecule has 0 fully saturated rings. The zero-order valence-electron chi connectivity index (χ0n) is 15.0. The van der Waals surface area contributed by atoms with E-state index in [1.807, 2.05) is 0 Å². The average molecular weight is 480 g/mol. The molecule has 2 rings (SSSR count). The number of alkyl halides is 3. The van der Waals surface area contributed by atoms with Crippen LogP contribution in [0.3, 0.4) is 0 Å². The van der Waals surface area contributed by atoms with Gasteiger partial charge in [0.05, 0.1) is 30.0 Å². The molecule has 0 atom stereocenters. The second-order valence-corrected chi connectivity index (χ2v) is 6.31. The summed E-state index contributed by atoms with van der Waals surface area (Å²) in [6.45, 7) is -1.66. The average Bonchev–Trinajstić information content (AvgIpc) is 2.89. The van der Waals surface area contributed by atoms with Crippen LogP contribution in [-0.4, -0.2) is 38.9 Å². The predicted molar refractivity (Wildman–Crippen MR) is 97.5 cm³/mol. The summed E-state index contributed by atoms with van der Waals surface area (Å²) in [7, 11) is 2.13. The van der Waals surface area contributed by atoms with Crippen LogP contribution < -0.4 is 9.64 Å². The number of halogens is 5. The summed E-state index contributed by atoms with van der Waals surface area (Å²) in [5.41, 5.74) is -0.922. The van der Waals surface area contributed by atoms with Crippen molar-refractivity contribution in [1.29, 1.82) is 0 Å². The second-order valence-electron chi connectivity index (χ2n) is 5.45. The number of anilines is 1. The normalized spacial score (nSPS) is 14.0. The van der Waals surface area contributed by atoms with E-state index in [-0.39, 0.29) is 15.7 Å². The summed E-state index contributed by atoms with van der Waals surface area (Å²) in [6.07, 6.45) is 0.599. The minimum Gasteiger partial charge on any atom is -0.482 e. The van der Waals surface area contributed by atoms with Crippen LogP contribution in [0, 0.1) is 5.82 Å². The molecule has 0 amide bonds. The summed E-state index contributed by atoms with van der Waals surface area (Å²) in [5, 5.41) is 0. The molecule has 0 bridgehead atoms. The van der Waals surface area contributed by atoms with Gasteiger partial charge in [0.2, 0.25) is 0 Å². The van der Waals surface area contributed by atoms with Crippen LogP contribution >= 0.6 is 15.9 Å². The topological polar surface area (TPSA) is 65.1 Å². The van der Waals surface area contributed by atoms with E-state index < -0.39 is 42.0 Å². The number of hydrogen-bond acceptors (Lipinski definition) is 6. The van der Waals surface area contributed by atoms with E-state index in [9.17, 15) is 27.2 Å². The first-order valence-corrected chi connectivity index (χ1v) is 8.62. The van der Waals surface area contributed by atoms with Gasteiger partial charge in [-0.3, -0.25) is 0 Å². The van der Waals surface area contributed by atoms with Crippen LogP contribution in [0.1, 0.15) is 0 Å². The molecule has 29 heavy (non-hydrogen) atoms. The van der Waals surface area contributed by atoms with Crippen LogP contribution in [0.2, 0.25) is 0 Å². The van der Waals surface area contributed by atoms with Crippen LogP contribution in [0.15, 0.2) is 52.3 Å². The molecule has 1 aromatic carbocycles. The van der Waals surface area contributed by atoms with E-state index in [2.05, 4.69) is 20.7 Å². The zero-order chi connectivity index (χ0) is 21.8. The minimum atomic E-state index is -4.66. The highest BCUT2D eigenvalue weighted by molar-refractivity contribution is 9.10. The van der Waals surface area contributed by atoms with E-state index in [1.54, 1.807) is 0 Å². The number of carbonyl (C=O) groups excluding carboxylic acids is 2. The maximum Gasteiger partial charge on any atom is 0.422 e. The molecule has 0 saturated carbocycles. The largest absolute Gasteiger partial charge is 0.482 e. The summed E-state index contributed by atoms with van der Waals surface area (Å²) < 4.78 is 66.1. The lowest BCUT2D eigenvalue weighted by Crippen LogP contribution is -2.28. The molecule has 1 aliphatic rings. The number of rotatable bonds is 5. The number of methoxy groups -OCH3 is 2. The molecule has 6 nitrogen and oxygen atoms in total. The van der Waals surface area contributed by atoms with Gasteiger partial charge in [-0.25, -0.2) is 14.0 Å². The van der Waals surface area contributed by atoms with Gasteiger partial charge in [0, 0.05) is 12.3 Å². The van der Waals surface area contributed by atoms with Crippen LogP contribution in [0.25, 0.3) is 0 Å². The number of esters is 2. The molecule has 156 valence electrons. The van der Waals surface area contributed by atoms with Crippen molar-refractivity contribution in [3.05, 3.63) is 58.1 Å². The van der Waals surface area contributed by atoms with E-state index in [0.29, 0.717) is 0 Å². The fraction of sp³-hybridized carbons (Fsp3) is 0.222. The minimum absolute atomic E-state index is 0.160. The summed E-state index contributed by atoms with van der Waals surface area (Å²) in [4.78, 5) is 25.5. The Kier molecular flexibility index (Phi) is 7.07.